The Morgan fingerprint density at radius 2 is 2.12 bits per heavy atom. The first-order valence-corrected chi connectivity index (χ1v) is 8.23. The van der Waals surface area contributed by atoms with Crippen LogP contribution in [0.2, 0.25) is 0 Å². The molecule has 0 radical (unpaired) electrons. The summed E-state index contributed by atoms with van der Waals surface area (Å²) in [6.07, 6.45) is 3.11. The molecule has 0 aromatic carbocycles. The van der Waals surface area contributed by atoms with Gasteiger partial charge in [-0.2, -0.15) is 9.48 Å². The number of ether oxygens (including phenoxy) is 2. The van der Waals surface area contributed by atoms with Gasteiger partial charge in [-0.3, -0.25) is 9.59 Å². The Balaban J connectivity index is 1.84. The molecule has 1 saturated heterocycles. The third-order valence-corrected chi connectivity index (χ3v) is 4.33. The molecule has 0 aliphatic carbocycles. The van der Waals surface area contributed by atoms with Crippen molar-refractivity contribution in [1.82, 2.24) is 9.80 Å². The van der Waals surface area contributed by atoms with Gasteiger partial charge < -0.3 is 14.4 Å². The second kappa shape index (κ2) is 7.14. The van der Waals surface area contributed by atoms with E-state index in [-0.39, 0.29) is 12.5 Å². The molecule has 1 fully saturated rings. The Morgan fingerprint density at radius 1 is 1.40 bits per heavy atom. The quantitative estimate of drug-likeness (QED) is 0.636. The van der Waals surface area contributed by atoms with E-state index in [4.69, 9.17) is 9.47 Å². The molecule has 25 heavy (non-hydrogen) atoms. The van der Waals surface area contributed by atoms with Crippen molar-refractivity contribution in [3.05, 3.63) is 11.8 Å². The van der Waals surface area contributed by atoms with Crippen molar-refractivity contribution >= 4 is 29.9 Å². The van der Waals surface area contributed by atoms with E-state index in [1.54, 1.807) is 11.0 Å². The molecule has 0 aromatic rings. The van der Waals surface area contributed by atoms with Crippen molar-refractivity contribution in [1.29, 1.82) is 0 Å². The number of amidine groups is 1. The lowest BCUT2D eigenvalue weighted by molar-refractivity contribution is -0.408. The van der Waals surface area contributed by atoms with Crippen molar-refractivity contribution in [2.24, 2.45) is 10.9 Å². The molecule has 9 heteroatoms. The van der Waals surface area contributed by atoms with Crippen molar-refractivity contribution in [3.63, 3.8) is 0 Å². The lowest BCUT2D eigenvalue weighted by Crippen LogP contribution is -2.57. The normalized spacial score (nSPS) is 23.6. The smallest absolute Gasteiger partial charge is 0.446 e. The number of dihydropyridines is 1. The molecule has 3 heterocycles. The average Bonchev–Trinajstić information content (AvgIpc) is 2.64. The molecule has 0 spiro atoms. The van der Waals surface area contributed by atoms with Crippen LogP contribution in [0, 0.1) is 5.92 Å². The molecule has 1 atom stereocenters. The van der Waals surface area contributed by atoms with Crippen LogP contribution in [0.4, 0.5) is 4.79 Å². The summed E-state index contributed by atoms with van der Waals surface area (Å²) in [4.78, 5) is 44.6. The monoisotopic (exact) mass is 349 g/mol. The molecule has 3 rings (SSSR count). The van der Waals surface area contributed by atoms with Gasteiger partial charge in [-0.05, 0) is 6.92 Å². The summed E-state index contributed by atoms with van der Waals surface area (Å²) in [5.41, 5.74) is 0. The van der Waals surface area contributed by atoms with Crippen LogP contribution in [0.3, 0.4) is 0 Å². The number of carbonyl (C=O) groups is 3. The van der Waals surface area contributed by atoms with Crippen LogP contribution >= 0.6 is 0 Å². The number of hydrogen-bond acceptors (Lipinski definition) is 6. The summed E-state index contributed by atoms with van der Waals surface area (Å²) in [7, 11) is 1.54. The number of imide groups is 1. The van der Waals surface area contributed by atoms with Crippen LogP contribution in [0.15, 0.2) is 16.8 Å². The van der Waals surface area contributed by atoms with E-state index in [0.717, 1.165) is 4.90 Å². The average molecular weight is 349 g/mol. The Kier molecular flexibility index (Phi) is 4.93. The van der Waals surface area contributed by atoms with Gasteiger partial charge in [-0.25, -0.2) is 4.79 Å². The maximum absolute atomic E-state index is 12.9. The van der Waals surface area contributed by atoms with Crippen LogP contribution in [-0.4, -0.2) is 90.8 Å². The number of aliphatic imine (C=N–C) groups is 1. The van der Waals surface area contributed by atoms with Gasteiger partial charge in [0.1, 0.15) is 12.0 Å². The molecule has 0 saturated carbocycles. The van der Waals surface area contributed by atoms with Crippen molar-refractivity contribution < 1.29 is 28.4 Å². The zero-order chi connectivity index (χ0) is 18.0. The van der Waals surface area contributed by atoms with Gasteiger partial charge in [-0.1, -0.05) is 0 Å². The van der Waals surface area contributed by atoms with Crippen molar-refractivity contribution in [2.45, 2.75) is 6.92 Å². The highest BCUT2D eigenvalue weighted by Crippen LogP contribution is 2.25. The number of fused-ring (bicyclic) bond motifs is 1. The highest BCUT2D eigenvalue weighted by molar-refractivity contribution is 6.16. The Hall–Kier alpha value is -2.55. The van der Waals surface area contributed by atoms with Gasteiger partial charge >= 0.3 is 11.9 Å². The first-order chi connectivity index (χ1) is 12.0. The largest absolute Gasteiger partial charge is 0.497 e. The van der Waals surface area contributed by atoms with E-state index in [1.807, 2.05) is 6.92 Å². The highest BCUT2D eigenvalue weighted by Gasteiger charge is 2.50. The molecule has 0 bridgehead atoms. The molecule has 3 aliphatic rings. The van der Waals surface area contributed by atoms with Gasteiger partial charge in [0.25, 0.3) is 11.7 Å². The molecular weight excluding hydrogens is 328 g/mol. The number of hydrogen-bond donors (Lipinski definition) is 0. The van der Waals surface area contributed by atoms with E-state index in [0.29, 0.717) is 44.5 Å². The van der Waals surface area contributed by atoms with Crippen LogP contribution < -0.4 is 0 Å². The summed E-state index contributed by atoms with van der Waals surface area (Å²) < 4.78 is 12.0. The molecule has 1 unspecified atom stereocenters. The standard InChI is InChI=1S/C16H21N4O5/c1-3-25-11-4-5-17-14-13(11)15(22)20(16(23)18(14)2)10-12(21)19-6-8-24-9-7-19/h4-5,13H,3,6-10H2,1-2H3/q+1. The number of allylic oxidation sites excluding steroid dienone is 1. The lowest BCUT2D eigenvalue weighted by atomic mass is 9.99. The number of morpholine rings is 1. The molecule has 4 amide bonds. The van der Waals surface area contributed by atoms with Crippen LogP contribution in [-0.2, 0) is 19.1 Å². The minimum absolute atomic E-state index is 0.275. The molecule has 3 aliphatic heterocycles. The summed E-state index contributed by atoms with van der Waals surface area (Å²) in [6.45, 7) is 3.74. The summed E-state index contributed by atoms with van der Waals surface area (Å²) in [5.74, 6) is -0.818. The van der Waals surface area contributed by atoms with Gasteiger partial charge in [0.2, 0.25) is 0 Å². The first kappa shape index (κ1) is 17.3. The maximum Gasteiger partial charge on any atom is 0.446 e. The maximum atomic E-state index is 12.9. The summed E-state index contributed by atoms with van der Waals surface area (Å²) in [5, 5.41) is 0. The second-order valence-electron chi connectivity index (χ2n) is 5.83. The van der Waals surface area contributed by atoms with E-state index in [2.05, 4.69) is 4.99 Å². The molecular formula is C16H21N4O5+. The van der Waals surface area contributed by atoms with E-state index in [9.17, 15) is 14.4 Å². The number of urea groups is 1. The minimum Gasteiger partial charge on any atom is -0.497 e. The lowest BCUT2D eigenvalue weighted by Gasteiger charge is -2.31. The summed E-state index contributed by atoms with van der Waals surface area (Å²) in [6, 6.07) is -0.562. The topological polar surface area (TPSA) is 91.5 Å². The number of carbonyl (C=O) groups excluding carboxylic acids is 3. The van der Waals surface area contributed by atoms with E-state index >= 15 is 0 Å². The van der Waals surface area contributed by atoms with Gasteiger partial charge in [0.15, 0.2) is 12.5 Å². The van der Waals surface area contributed by atoms with E-state index < -0.39 is 17.9 Å². The molecule has 0 aromatic heterocycles. The fourth-order valence-electron chi connectivity index (χ4n) is 3.02. The van der Waals surface area contributed by atoms with Crippen LogP contribution in [0.1, 0.15) is 6.92 Å². The zero-order valence-corrected chi connectivity index (χ0v) is 14.3. The zero-order valence-electron chi connectivity index (χ0n) is 14.3. The highest BCUT2D eigenvalue weighted by atomic mass is 16.5. The van der Waals surface area contributed by atoms with Gasteiger partial charge in [-0.15, -0.1) is 4.99 Å². The molecule has 0 N–H and O–H groups in total. The number of rotatable bonds is 4. The van der Waals surface area contributed by atoms with Crippen molar-refractivity contribution in [3.8, 4) is 0 Å². The van der Waals surface area contributed by atoms with E-state index in [1.165, 1.54) is 17.8 Å². The number of nitrogens with zero attached hydrogens (tertiary/aromatic N) is 4. The fraction of sp³-hybridized carbons (Fsp3) is 0.562. The van der Waals surface area contributed by atoms with Gasteiger partial charge in [0, 0.05) is 19.2 Å². The Labute approximate surface area is 145 Å². The van der Waals surface area contributed by atoms with Crippen molar-refractivity contribution in [2.75, 3.05) is 46.5 Å². The number of amides is 4. The Morgan fingerprint density at radius 3 is 2.80 bits per heavy atom. The predicted octanol–water partition coefficient (Wildman–Crippen LogP) is -0.531. The minimum atomic E-state index is -0.801. The van der Waals surface area contributed by atoms with Gasteiger partial charge in [0.05, 0.1) is 26.9 Å². The van der Waals surface area contributed by atoms with Crippen LogP contribution in [0.5, 0.6) is 0 Å². The van der Waals surface area contributed by atoms with Crippen LogP contribution in [0.25, 0.3) is 0 Å². The Bertz CT molecular complexity index is 691. The molecule has 134 valence electrons. The fourth-order valence-corrected chi connectivity index (χ4v) is 3.02. The summed E-state index contributed by atoms with van der Waals surface area (Å²) >= 11 is 0. The third kappa shape index (κ3) is 3.19. The SMILES string of the molecule is CCOC1=CC=NC2=[N+](C)C(=O)N(CC(=O)N3CCOCC3)C(=O)C12. The predicted molar refractivity (Wildman–Crippen MR) is 87.4 cm³/mol. The molecule has 9 nitrogen and oxygen atoms in total. The third-order valence-electron chi connectivity index (χ3n) is 4.33. The first-order valence-electron chi connectivity index (χ1n) is 8.23. The second-order valence-corrected chi connectivity index (χ2v) is 5.83.